The van der Waals surface area contributed by atoms with Gasteiger partial charge in [-0.3, -0.25) is 14.4 Å². The van der Waals surface area contributed by atoms with Crippen molar-refractivity contribution in [2.75, 3.05) is 18.5 Å². The maximum Gasteiger partial charge on any atom is 0.311 e. The molecule has 0 spiro atoms. The molecule has 2 amide bonds. The van der Waals surface area contributed by atoms with E-state index in [4.69, 9.17) is 4.74 Å². The minimum Gasteiger partial charge on any atom is -0.455 e. The van der Waals surface area contributed by atoms with Gasteiger partial charge in [0.15, 0.2) is 6.61 Å². The van der Waals surface area contributed by atoms with Crippen molar-refractivity contribution < 1.29 is 19.1 Å². The van der Waals surface area contributed by atoms with E-state index in [1.165, 1.54) is 5.56 Å². The lowest BCUT2D eigenvalue weighted by Crippen LogP contribution is -2.30. The largest absolute Gasteiger partial charge is 0.455 e. The van der Waals surface area contributed by atoms with Crippen LogP contribution in [0.2, 0.25) is 0 Å². The van der Waals surface area contributed by atoms with Gasteiger partial charge in [-0.1, -0.05) is 56.3 Å². The molecule has 1 aliphatic rings. The Kier molecular flexibility index (Phi) is 6.87. The molecular weight excluding hydrogens is 380 g/mol. The van der Waals surface area contributed by atoms with Gasteiger partial charge in [-0.25, -0.2) is 0 Å². The third-order valence-electron chi connectivity index (χ3n) is 5.45. The molecule has 1 saturated heterocycles. The minimum atomic E-state index is -0.554. The van der Waals surface area contributed by atoms with Crippen molar-refractivity contribution in [1.29, 1.82) is 0 Å². The zero-order valence-corrected chi connectivity index (χ0v) is 17.6. The molecule has 2 aromatic rings. The highest BCUT2D eigenvalue weighted by atomic mass is 16.5. The number of nitrogens with zero attached hydrogens (tertiary/aromatic N) is 1. The average molecular weight is 408 g/mol. The van der Waals surface area contributed by atoms with Crippen LogP contribution in [0.3, 0.4) is 0 Å². The van der Waals surface area contributed by atoms with E-state index < -0.39 is 17.8 Å². The third-order valence-corrected chi connectivity index (χ3v) is 5.45. The first kappa shape index (κ1) is 21.6. The maximum atomic E-state index is 12.4. The standard InChI is InChI=1S/C24H28N2O4/c1-16(2)18-9-11-21(12-10-18)25-22(27)15-30-24(29)20-13-23(28)26(14-20)17(3)19-7-5-4-6-8-19/h4-12,16-17,20H,13-15H2,1-3H3,(H,25,27)/t17-,20-/m0/s1. The van der Waals surface area contributed by atoms with Crippen molar-refractivity contribution in [3.8, 4) is 0 Å². The lowest BCUT2D eigenvalue weighted by molar-refractivity contribution is -0.151. The second-order valence-electron chi connectivity index (χ2n) is 7.97. The van der Waals surface area contributed by atoms with Gasteiger partial charge in [0.2, 0.25) is 5.91 Å². The molecule has 30 heavy (non-hydrogen) atoms. The number of ether oxygens (including phenoxy) is 1. The number of esters is 1. The molecule has 0 saturated carbocycles. The Morgan fingerprint density at radius 2 is 1.70 bits per heavy atom. The summed E-state index contributed by atoms with van der Waals surface area (Å²) in [5, 5.41) is 2.72. The average Bonchev–Trinajstić information content (AvgIpc) is 3.14. The number of hydrogen-bond donors (Lipinski definition) is 1. The predicted molar refractivity (Wildman–Crippen MR) is 115 cm³/mol. The zero-order valence-electron chi connectivity index (χ0n) is 17.6. The number of likely N-dealkylation sites (tertiary alicyclic amines) is 1. The van der Waals surface area contributed by atoms with Gasteiger partial charge in [-0.2, -0.15) is 0 Å². The summed E-state index contributed by atoms with van der Waals surface area (Å²) in [6.45, 7) is 6.07. The molecule has 2 aromatic carbocycles. The minimum absolute atomic E-state index is 0.0806. The molecule has 0 bridgehead atoms. The Balaban J connectivity index is 1.49. The van der Waals surface area contributed by atoms with Gasteiger partial charge in [0.1, 0.15) is 0 Å². The van der Waals surface area contributed by atoms with Crippen molar-refractivity contribution >= 4 is 23.5 Å². The Hall–Kier alpha value is -3.15. The predicted octanol–water partition coefficient (Wildman–Crippen LogP) is 3.90. The summed E-state index contributed by atoms with van der Waals surface area (Å²) in [6.07, 6.45) is 0.105. The van der Waals surface area contributed by atoms with Crippen LogP contribution in [0.4, 0.5) is 5.69 Å². The summed E-state index contributed by atoms with van der Waals surface area (Å²) in [7, 11) is 0. The van der Waals surface area contributed by atoms with E-state index in [-0.39, 0.29) is 25.0 Å². The molecule has 1 fully saturated rings. The number of hydrogen-bond acceptors (Lipinski definition) is 4. The smallest absolute Gasteiger partial charge is 0.311 e. The molecule has 0 unspecified atom stereocenters. The van der Waals surface area contributed by atoms with E-state index in [2.05, 4.69) is 19.2 Å². The molecule has 6 nitrogen and oxygen atoms in total. The van der Waals surface area contributed by atoms with Crippen LogP contribution in [-0.4, -0.2) is 35.8 Å². The Morgan fingerprint density at radius 1 is 1.03 bits per heavy atom. The first-order chi connectivity index (χ1) is 14.3. The zero-order chi connectivity index (χ0) is 21.7. The number of carbonyl (C=O) groups excluding carboxylic acids is 3. The summed E-state index contributed by atoms with van der Waals surface area (Å²) < 4.78 is 5.17. The number of rotatable bonds is 7. The number of amides is 2. The monoisotopic (exact) mass is 408 g/mol. The second kappa shape index (κ2) is 9.57. The summed E-state index contributed by atoms with van der Waals surface area (Å²) in [5.41, 5.74) is 2.85. The van der Waals surface area contributed by atoms with Crippen molar-refractivity contribution in [3.05, 3.63) is 65.7 Å². The summed E-state index contributed by atoms with van der Waals surface area (Å²) in [4.78, 5) is 38.6. The lowest BCUT2D eigenvalue weighted by Gasteiger charge is -2.25. The Labute approximate surface area is 177 Å². The van der Waals surface area contributed by atoms with Gasteiger partial charge in [0, 0.05) is 18.7 Å². The van der Waals surface area contributed by atoms with Crippen molar-refractivity contribution in [2.45, 2.75) is 39.2 Å². The lowest BCUT2D eigenvalue weighted by atomic mass is 10.0. The molecule has 1 heterocycles. The van der Waals surface area contributed by atoms with Crippen LogP contribution in [0.1, 0.15) is 50.3 Å². The van der Waals surface area contributed by atoms with Crippen LogP contribution in [0, 0.1) is 5.92 Å². The quantitative estimate of drug-likeness (QED) is 0.705. The van der Waals surface area contributed by atoms with E-state index in [1.54, 1.807) is 4.90 Å². The molecule has 6 heteroatoms. The topological polar surface area (TPSA) is 75.7 Å². The van der Waals surface area contributed by atoms with Crippen LogP contribution in [0.15, 0.2) is 54.6 Å². The van der Waals surface area contributed by atoms with Crippen LogP contribution in [0.25, 0.3) is 0 Å². The van der Waals surface area contributed by atoms with E-state index >= 15 is 0 Å². The molecule has 3 rings (SSSR count). The second-order valence-corrected chi connectivity index (χ2v) is 7.97. The van der Waals surface area contributed by atoms with E-state index in [1.807, 2.05) is 61.5 Å². The van der Waals surface area contributed by atoms with E-state index in [0.29, 0.717) is 18.2 Å². The van der Waals surface area contributed by atoms with Crippen LogP contribution in [0.5, 0.6) is 0 Å². The molecule has 158 valence electrons. The molecule has 2 atom stereocenters. The molecule has 1 aliphatic heterocycles. The van der Waals surface area contributed by atoms with Crippen LogP contribution >= 0.6 is 0 Å². The number of carbonyl (C=O) groups is 3. The normalized spacial score (nSPS) is 17.1. The highest BCUT2D eigenvalue weighted by Gasteiger charge is 2.38. The van der Waals surface area contributed by atoms with Crippen LogP contribution < -0.4 is 5.32 Å². The third kappa shape index (κ3) is 5.26. The first-order valence-electron chi connectivity index (χ1n) is 10.3. The SMILES string of the molecule is CC(C)c1ccc(NC(=O)COC(=O)[C@H]2CC(=O)N([C@@H](C)c3ccccc3)C2)cc1. The van der Waals surface area contributed by atoms with E-state index in [0.717, 1.165) is 5.56 Å². The van der Waals surface area contributed by atoms with Gasteiger partial charge in [0.25, 0.3) is 5.91 Å². The van der Waals surface area contributed by atoms with Crippen LogP contribution in [-0.2, 0) is 19.1 Å². The highest BCUT2D eigenvalue weighted by molar-refractivity contribution is 5.93. The summed E-state index contributed by atoms with van der Waals surface area (Å²) in [6, 6.07) is 17.1. The fourth-order valence-corrected chi connectivity index (χ4v) is 3.58. The molecule has 1 N–H and O–H groups in total. The molecular formula is C24H28N2O4. The highest BCUT2D eigenvalue weighted by Crippen LogP contribution is 2.29. The number of nitrogens with one attached hydrogen (secondary N) is 1. The van der Waals surface area contributed by atoms with Crippen molar-refractivity contribution in [1.82, 2.24) is 4.90 Å². The Morgan fingerprint density at radius 3 is 2.33 bits per heavy atom. The number of anilines is 1. The summed E-state index contributed by atoms with van der Waals surface area (Å²) in [5.74, 6) is -1.14. The summed E-state index contributed by atoms with van der Waals surface area (Å²) >= 11 is 0. The fourth-order valence-electron chi connectivity index (χ4n) is 3.58. The fraction of sp³-hybridized carbons (Fsp3) is 0.375. The van der Waals surface area contributed by atoms with Crippen molar-refractivity contribution in [2.24, 2.45) is 5.92 Å². The van der Waals surface area contributed by atoms with Gasteiger partial charge in [-0.05, 0) is 36.1 Å². The molecule has 0 radical (unpaired) electrons. The first-order valence-corrected chi connectivity index (χ1v) is 10.3. The van der Waals surface area contributed by atoms with Gasteiger partial charge in [0.05, 0.1) is 12.0 Å². The van der Waals surface area contributed by atoms with Gasteiger partial charge in [-0.15, -0.1) is 0 Å². The van der Waals surface area contributed by atoms with Gasteiger partial charge < -0.3 is 15.0 Å². The Bertz CT molecular complexity index is 893. The van der Waals surface area contributed by atoms with Crippen molar-refractivity contribution in [3.63, 3.8) is 0 Å². The number of benzene rings is 2. The van der Waals surface area contributed by atoms with E-state index in [9.17, 15) is 14.4 Å². The maximum absolute atomic E-state index is 12.4. The van der Waals surface area contributed by atoms with Gasteiger partial charge >= 0.3 is 5.97 Å². The molecule has 0 aliphatic carbocycles. The molecule has 0 aromatic heterocycles.